The van der Waals surface area contributed by atoms with Crippen LogP contribution in [0.3, 0.4) is 0 Å². The van der Waals surface area contributed by atoms with Crippen molar-refractivity contribution >= 4 is 16.0 Å². The van der Waals surface area contributed by atoms with Crippen molar-refractivity contribution in [2.24, 2.45) is 5.92 Å². The summed E-state index contributed by atoms with van der Waals surface area (Å²) in [7, 11) is -2.29. The highest BCUT2D eigenvalue weighted by Crippen LogP contribution is 2.28. The zero-order valence-electron chi connectivity index (χ0n) is 13.1. The van der Waals surface area contributed by atoms with E-state index in [9.17, 15) is 18.3 Å². The maximum Gasteiger partial charge on any atom is 0.310 e. The van der Waals surface area contributed by atoms with E-state index in [1.807, 2.05) is 6.92 Å². The van der Waals surface area contributed by atoms with Crippen molar-refractivity contribution in [3.8, 4) is 5.75 Å². The largest absolute Gasteiger partial charge is 0.496 e. The van der Waals surface area contributed by atoms with Gasteiger partial charge in [0, 0.05) is 13.1 Å². The molecule has 0 radical (unpaired) electrons. The molecule has 1 aromatic rings. The molecule has 23 heavy (non-hydrogen) atoms. The third-order valence-corrected chi connectivity index (χ3v) is 5.99. The highest BCUT2D eigenvalue weighted by molar-refractivity contribution is 7.89. The number of rotatable bonds is 5. The SMILES string of the molecule is CCc1cc(S(=O)(=O)N2CC[C@H](O)[C@@H](C(=O)O)C2)ccc1OC. The van der Waals surface area contributed by atoms with Crippen LogP contribution in [0.4, 0.5) is 0 Å². The lowest BCUT2D eigenvalue weighted by Gasteiger charge is -2.33. The molecule has 1 fully saturated rings. The Hall–Kier alpha value is -1.64. The van der Waals surface area contributed by atoms with Crippen LogP contribution in [0.5, 0.6) is 5.75 Å². The van der Waals surface area contributed by atoms with Gasteiger partial charge in [0.2, 0.25) is 10.0 Å². The first kappa shape index (κ1) is 17.7. The highest BCUT2D eigenvalue weighted by Gasteiger charge is 2.38. The first-order chi connectivity index (χ1) is 10.8. The van der Waals surface area contributed by atoms with Crippen LogP contribution in [0, 0.1) is 5.92 Å². The molecular weight excluding hydrogens is 322 g/mol. The van der Waals surface area contributed by atoms with Gasteiger partial charge in [0.15, 0.2) is 0 Å². The third-order valence-electron chi connectivity index (χ3n) is 4.13. The van der Waals surface area contributed by atoms with Crippen molar-refractivity contribution in [2.75, 3.05) is 20.2 Å². The molecule has 2 rings (SSSR count). The Morgan fingerprint density at radius 1 is 1.43 bits per heavy atom. The maximum absolute atomic E-state index is 12.7. The van der Waals surface area contributed by atoms with Crippen LogP contribution < -0.4 is 4.74 Å². The molecule has 1 saturated heterocycles. The van der Waals surface area contributed by atoms with Crippen LogP contribution >= 0.6 is 0 Å². The van der Waals surface area contributed by atoms with Gasteiger partial charge in [0.1, 0.15) is 5.75 Å². The average Bonchev–Trinajstić information content (AvgIpc) is 2.53. The standard InChI is InChI=1S/C15H21NO6S/c1-3-10-8-11(4-5-14(10)22-2)23(20,21)16-7-6-13(17)12(9-16)15(18)19/h4-5,8,12-13,17H,3,6-7,9H2,1-2H3,(H,18,19)/t12-,13-/m0/s1. The van der Waals surface area contributed by atoms with Gasteiger partial charge in [0.25, 0.3) is 0 Å². The molecule has 0 spiro atoms. The van der Waals surface area contributed by atoms with Crippen molar-refractivity contribution in [1.82, 2.24) is 4.31 Å². The summed E-state index contributed by atoms with van der Waals surface area (Å²) in [4.78, 5) is 11.3. The van der Waals surface area contributed by atoms with Gasteiger partial charge >= 0.3 is 5.97 Å². The molecule has 0 unspecified atom stereocenters. The zero-order chi connectivity index (χ0) is 17.2. The average molecular weight is 343 g/mol. The van der Waals surface area contributed by atoms with Crippen molar-refractivity contribution in [2.45, 2.75) is 30.8 Å². The minimum atomic E-state index is -3.81. The summed E-state index contributed by atoms with van der Waals surface area (Å²) in [5.41, 5.74) is 0.764. The minimum Gasteiger partial charge on any atom is -0.496 e. The topological polar surface area (TPSA) is 104 Å². The monoisotopic (exact) mass is 343 g/mol. The first-order valence-corrected chi connectivity index (χ1v) is 8.83. The second kappa shape index (κ2) is 6.86. The van der Waals surface area contributed by atoms with Crippen LogP contribution in [-0.2, 0) is 21.2 Å². The van der Waals surface area contributed by atoms with Crippen LogP contribution in [-0.4, -0.2) is 55.2 Å². The Kier molecular flexibility index (Phi) is 5.28. The number of nitrogens with zero attached hydrogens (tertiary/aromatic N) is 1. The van der Waals surface area contributed by atoms with Crippen molar-refractivity contribution in [3.05, 3.63) is 23.8 Å². The summed E-state index contributed by atoms with van der Waals surface area (Å²) in [6.45, 7) is 1.76. The smallest absolute Gasteiger partial charge is 0.310 e. The minimum absolute atomic E-state index is 0.0980. The number of piperidine rings is 1. The van der Waals surface area contributed by atoms with Crippen LogP contribution in [0.2, 0.25) is 0 Å². The lowest BCUT2D eigenvalue weighted by Crippen LogP contribution is -2.48. The Bertz CT molecular complexity index is 687. The number of carboxylic acid groups (broad SMARTS) is 1. The summed E-state index contributed by atoms with van der Waals surface area (Å²) in [6, 6.07) is 4.60. The van der Waals surface area contributed by atoms with E-state index in [-0.39, 0.29) is 24.4 Å². The number of hydrogen-bond donors (Lipinski definition) is 2. The Morgan fingerprint density at radius 3 is 2.70 bits per heavy atom. The van der Waals surface area contributed by atoms with Crippen molar-refractivity contribution < 1.29 is 28.2 Å². The molecule has 128 valence electrons. The second-order valence-electron chi connectivity index (χ2n) is 5.49. The number of carboxylic acids is 1. The summed E-state index contributed by atoms with van der Waals surface area (Å²) in [5, 5.41) is 18.8. The van der Waals surface area contributed by atoms with E-state index in [2.05, 4.69) is 0 Å². The molecule has 0 bridgehead atoms. The number of carbonyl (C=O) groups is 1. The lowest BCUT2D eigenvalue weighted by molar-refractivity contribution is -0.147. The van der Waals surface area contributed by atoms with Crippen LogP contribution in [0.15, 0.2) is 23.1 Å². The van der Waals surface area contributed by atoms with Crippen molar-refractivity contribution in [1.29, 1.82) is 0 Å². The van der Waals surface area contributed by atoms with E-state index in [1.54, 1.807) is 12.1 Å². The van der Waals surface area contributed by atoms with E-state index < -0.39 is 28.0 Å². The molecule has 8 heteroatoms. The molecule has 2 N–H and O–H groups in total. The molecule has 1 heterocycles. The number of sulfonamides is 1. The Balaban J connectivity index is 2.33. The predicted octanol–water partition coefficient (Wildman–Crippen LogP) is 0.714. The fraction of sp³-hybridized carbons (Fsp3) is 0.533. The number of aliphatic hydroxyl groups excluding tert-OH is 1. The number of aliphatic hydroxyl groups is 1. The van der Waals surface area contributed by atoms with Gasteiger partial charge in [-0.15, -0.1) is 0 Å². The third kappa shape index (κ3) is 3.49. The van der Waals surface area contributed by atoms with Gasteiger partial charge in [-0.3, -0.25) is 4.79 Å². The number of methoxy groups -OCH3 is 1. The summed E-state index contributed by atoms with van der Waals surface area (Å²) < 4.78 is 31.8. The van der Waals surface area contributed by atoms with Crippen LogP contribution in [0.25, 0.3) is 0 Å². The van der Waals surface area contributed by atoms with Gasteiger partial charge in [-0.05, 0) is 36.6 Å². The lowest BCUT2D eigenvalue weighted by atomic mass is 9.96. The van der Waals surface area contributed by atoms with Gasteiger partial charge < -0.3 is 14.9 Å². The molecule has 1 aromatic carbocycles. The molecule has 1 aliphatic rings. The molecule has 0 amide bonds. The Morgan fingerprint density at radius 2 is 2.13 bits per heavy atom. The number of ether oxygens (including phenoxy) is 1. The molecular formula is C15H21NO6S. The normalized spacial score (nSPS) is 22.7. The van der Waals surface area contributed by atoms with E-state index in [0.29, 0.717) is 12.2 Å². The maximum atomic E-state index is 12.7. The van der Waals surface area contributed by atoms with Crippen LogP contribution in [0.1, 0.15) is 18.9 Å². The van der Waals surface area contributed by atoms with Crippen molar-refractivity contribution in [3.63, 3.8) is 0 Å². The quantitative estimate of drug-likeness (QED) is 0.816. The van der Waals surface area contributed by atoms with E-state index >= 15 is 0 Å². The molecule has 7 nitrogen and oxygen atoms in total. The summed E-state index contributed by atoms with van der Waals surface area (Å²) >= 11 is 0. The predicted molar refractivity (Wildman–Crippen MR) is 82.9 cm³/mol. The fourth-order valence-corrected chi connectivity index (χ4v) is 4.24. The molecule has 1 aliphatic heterocycles. The number of benzene rings is 1. The summed E-state index contributed by atoms with van der Waals surface area (Å²) in [6.07, 6.45) is -0.309. The van der Waals surface area contributed by atoms with E-state index in [1.165, 1.54) is 13.2 Å². The molecule has 2 atom stereocenters. The highest BCUT2D eigenvalue weighted by atomic mass is 32.2. The Labute approximate surface area is 135 Å². The number of aliphatic carboxylic acids is 1. The second-order valence-corrected chi connectivity index (χ2v) is 7.43. The summed E-state index contributed by atoms with van der Waals surface area (Å²) in [5.74, 6) is -1.69. The number of hydrogen-bond acceptors (Lipinski definition) is 5. The molecule has 0 saturated carbocycles. The fourth-order valence-electron chi connectivity index (χ4n) is 2.71. The number of aryl methyl sites for hydroxylation is 1. The van der Waals surface area contributed by atoms with Gasteiger partial charge in [-0.1, -0.05) is 6.92 Å². The van der Waals surface area contributed by atoms with Gasteiger partial charge in [-0.25, -0.2) is 8.42 Å². The van der Waals surface area contributed by atoms with Gasteiger partial charge in [-0.2, -0.15) is 4.31 Å². The molecule has 0 aromatic heterocycles. The van der Waals surface area contributed by atoms with Gasteiger partial charge in [0.05, 0.1) is 24.0 Å². The van der Waals surface area contributed by atoms with E-state index in [0.717, 1.165) is 9.87 Å². The zero-order valence-corrected chi connectivity index (χ0v) is 13.9. The molecule has 0 aliphatic carbocycles. The van der Waals surface area contributed by atoms with E-state index in [4.69, 9.17) is 9.84 Å². The first-order valence-electron chi connectivity index (χ1n) is 7.39.